The van der Waals surface area contributed by atoms with Gasteiger partial charge in [-0.15, -0.1) is 10.2 Å². The summed E-state index contributed by atoms with van der Waals surface area (Å²) < 4.78 is 7.66. The van der Waals surface area contributed by atoms with Crippen molar-refractivity contribution in [2.24, 2.45) is 0 Å². The minimum absolute atomic E-state index is 0.0996. The van der Waals surface area contributed by atoms with Gasteiger partial charge in [-0.3, -0.25) is 9.36 Å². The van der Waals surface area contributed by atoms with Crippen molar-refractivity contribution in [2.45, 2.75) is 24.4 Å². The van der Waals surface area contributed by atoms with Crippen LogP contribution in [0.1, 0.15) is 19.3 Å². The molecule has 7 nitrogen and oxygen atoms in total. The second-order valence-electron chi connectivity index (χ2n) is 8.59. The van der Waals surface area contributed by atoms with Crippen LogP contribution in [0.25, 0.3) is 16.8 Å². The predicted octanol–water partition coefficient (Wildman–Crippen LogP) is 5.66. The number of carbonyl (C=O) groups excluding carboxylic acids is 1. The Kier molecular flexibility index (Phi) is 7.52. The topological polar surface area (TPSA) is 72.3 Å². The van der Waals surface area contributed by atoms with Crippen LogP contribution in [0.2, 0.25) is 0 Å². The molecule has 0 saturated carbocycles. The molecule has 0 aliphatic carbocycles. The van der Waals surface area contributed by atoms with Crippen LogP contribution >= 0.6 is 11.8 Å². The Labute approximate surface area is 215 Å². The molecule has 3 aromatic carbocycles. The highest BCUT2D eigenvalue weighted by Crippen LogP contribution is 2.33. The normalized spacial score (nSPS) is 13.4. The first kappa shape index (κ1) is 23.9. The van der Waals surface area contributed by atoms with Crippen molar-refractivity contribution in [3.63, 3.8) is 0 Å². The van der Waals surface area contributed by atoms with E-state index in [2.05, 4.69) is 20.4 Å². The highest BCUT2D eigenvalue weighted by Gasteiger charge is 2.24. The van der Waals surface area contributed by atoms with E-state index in [9.17, 15) is 4.79 Å². The van der Waals surface area contributed by atoms with Crippen LogP contribution in [0.5, 0.6) is 5.75 Å². The highest BCUT2D eigenvalue weighted by molar-refractivity contribution is 7.99. The van der Waals surface area contributed by atoms with Crippen LogP contribution < -0.4 is 15.0 Å². The number of piperidine rings is 1. The van der Waals surface area contributed by atoms with Crippen LogP contribution in [0.15, 0.2) is 84.0 Å². The zero-order valence-electron chi connectivity index (χ0n) is 20.3. The van der Waals surface area contributed by atoms with E-state index >= 15 is 0 Å². The monoisotopic (exact) mass is 499 g/mol. The molecule has 1 fully saturated rings. The van der Waals surface area contributed by atoms with Crippen molar-refractivity contribution >= 4 is 29.3 Å². The summed E-state index contributed by atoms with van der Waals surface area (Å²) in [6, 6.07) is 25.7. The van der Waals surface area contributed by atoms with Crippen molar-refractivity contribution < 1.29 is 9.53 Å². The van der Waals surface area contributed by atoms with E-state index in [0.717, 1.165) is 60.1 Å². The number of hydrogen-bond donors (Lipinski definition) is 1. The Morgan fingerprint density at radius 2 is 1.64 bits per heavy atom. The first-order valence-corrected chi connectivity index (χ1v) is 13.1. The molecule has 8 heteroatoms. The van der Waals surface area contributed by atoms with E-state index in [0.29, 0.717) is 5.16 Å². The summed E-state index contributed by atoms with van der Waals surface area (Å²) in [6.45, 7) is 1.88. The average Bonchev–Trinajstić information content (AvgIpc) is 3.37. The zero-order chi connectivity index (χ0) is 24.7. The molecule has 1 aliphatic heterocycles. The number of anilines is 2. The standard InChI is InChI=1S/C28H29N5O2S/c1-35-25-17-9-8-16-24(25)33-27(32-18-10-3-11-19-32)30-31-28(33)36-20-26(34)29-23-15-7-6-14-22(23)21-12-4-2-5-13-21/h2,4-9,12-17H,3,10-11,18-20H2,1H3,(H,29,34). The summed E-state index contributed by atoms with van der Waals surface area (Å²) in [5, 5.41) is 12.8. The van der Waals surface area contributed by atoms with Crippen molar-refractivity contribution in [3.8, 4) is 22.6 Å². The van der Waals surface area contributed by atoms with Crippen LogP contribution in [0, 0.1) is 0 Å². The maximum absolute atomic E-state index is 13.0. The van der Waals surface area contributed by atoms with Crippen molar-refractivity contribution in [2.75, 3.05) is 36.2 Å². The Morgan fingerprint density at radius 3 is 2.44 bits per heavy atom. The summed E-state index contributed by atoms with van der Waals surface area (Å²) in [5.74, 6) is 1.63. The maximum atomic E-state index is 13.0. The molecule has 0 radical (unpaired) electrons. The third-order valence-electron chi connectivity index (χ3n) is 6.20. The number of para-hydroxylation sites is 3. The summed E-state index contributed by atoms with van der Waals surface area (Å²) in [6.07, 6.45) is 3.49. The molecule has 2 heterocycles. The number of methoxy groups -OCH3 is 1. The molecule has 1 N–H and O–H groups in total. The van der Waals surface area contributed by atoms with E-state index < -0.39 is 0 Å². The number of aromatic nitrogens is 3. The Morgan fingerprint density at radius 1 is 0.917 bits per heavy atom. The van der Waals surface area contributed by atoms with E-state index in [1.54, 1.807) is 7.11 Å². The van der Waals surface area contributed by atoms with E-state index in [1.165, 1.54) is 18.2 Å². The fraction of sp³-hybridized carbons (Fsp3) is 0.250. The fourth-order valence-corrected chi connectivity index (χ4v) is 5.20. The SMILES string of the molecule is COc1ccccc1-n1c(SCC(=O)Nc2ccccc2-c2ccccc2)nnc1N1CCCCC1. The third kappa shape index (κ3) is 5.23. The van der Waals surface area contributed by atoms with Crippen LogP contribution in [0.4, 0.5) is 11.6 Å². The molecule has 5 rings (SSSR count). The summed E-state index contributed by atoms with van der Waals surface area (Å²) in [4.78, 5) is 15.3. The lowest BCUT2D eigenvalue weighted by atomic mass is 10.0. The lowest BCUT2D eigenvalue weighted by Crippen LogP contribution is -2.31. The molecule has 1 amide bonds. The molecule has 1 saturated heterocycles. The summed E-state index contributed by atoms with van der Waals surface area (Å²) in [7, 11) is 1.66. The first-order chi connectivity index (χ1) is 17.7. The smallest absolute Gasteiger partial charge is 0.234 e. The Bertz CT molecular complexity index is 1320. The molecule has 0 unspecified atom stereocenters. The lowest BCUT2D eigenvalue weighted by Gasteiger charge is -2.28. The van der Waals surface area contributed by atoms with Crippen molar-refractivity contribution in [1.82, 2.24) is 14.8 Å². The Balaban J connectivity index is 1.38. The van der Waals surface area contributed by atoms with Gasteiger partial charge in [0.2, 0.25) is 11.9 Å². The molecular weight excluding hydrogens is 470 g/mol. The number of nitrogens with one attached hydrogen (secondary N) is 1. The number of hydrogen-bond acceptors (Lipinski definition) is 6. The highest BCUT2D eigenvalue weighted by atomic mass is 32.2. The Hall–Kier alpha value is -3.78. The van der Waals surface area contributed by atoms with Gasteiger partial charge in [0.15, 0.2) is 5.16 Å². The number of nitrogens with zero attached hydrogens (tertiary/aromatic N) is 4. The van der Waals surface area contributed by atoms with Gasteiger partial charge in [-0.05, 0) is 43.0 Å². The van der Waals surface area contributed by atoms with E-state index in [1.807, 2.05) is 83.4 Å². The minimum Gasteiger partial charge on any atom is -0.495 e. The van der Waals surface area contributed by atoms with Gasteiger partial charge in [-0.25, -0.2) is 0 Å². The van der Waals surface area contributed by atoms with Gasteiger partial charge in [0, 0.05) is 24.3 Å². The lowest BCUT2D eigenvalue weighted by molar-refractivity contribution is -0.113. The number of thioether (sulfide) groups is 1. The number of amides is 1. The van der Waals surface area contributed by atoms with Gasteiger partial charge >= 0.3 is 0 Å². The largest absolute Gasteiger partial charge is 0.495 e. The number of carbonyl (C=O) groups is 1. The second kappa shape index (κ2) is 11.3. The summed E-state index contributed by atoms with van der Waals surface area (Å²) >= 11 is 1.37. The van der Waals surface area contributed by atoms with E-state index in [-0.39, 0.29) is 11.7 Å². The zero-order valence-corrected chi connectivity index (χ0v) is 21.1. The molecule has 0 bridgehead atoms. The fourth-order valence-electron chi connectivity index (χ4n) is 4.46. The maximum Gasteiger partial charge on any atom is 0.234 e. The molecule has 1 aromatic heterocycles. The molecule has 184 valence electrons. The number of benzene rings is 3. The molecule has 1 aliphatic rings. The first-order valence-electron chi connectivity index (χ1n) is 12.2. The minimum atomic E-state index is -0.0996. The average molecular weight is 500 g/mol. The predicted molar refractivity (Wildman–Crippen MR) is 145 cm³/mol. The van der Waals surface area contributed by atoms with Gasteiger partial charge in [0.05, 0.1) is 18.6 Å². The summed E-state index contributed by atoms with van der Waals surface area (Å²) in [5.41, 5.74) is 3.70. The van der Waals surface area contributed by atoms with Crippen LogP contribution in [0.3, 0.4) is 0 Å². The van der Waals surface area contributed by atoms with Crippen LogP contribution in [-0.2, 0) is 4.79 Å². The quantitative estimate of drug-likeness (QED) is 0.315. The van der Waals surface area contributed by atoms with Gasteiger partial charge in [-0.2, -0.15) is 0 Å². The number of rotatable bonds is 8. The third-order valence-corrected chi connectivity index (χ3v) is 7.13. The van der Waals surface area contributed by atoms with Gasteiger partial charge in [0.25, 0.3) is 0 Å². The van der Waals surface area contributed by atoms with Gasteiger partial charge < -0.3 is 15.0 Å². The number of ether oxygens (including phenoxy) is 1. The van der Waals surface area contributed by atoms with Crippen molar-refractivity contribution in [3.05, 3.63) is 78.9 Å². The molecule has 36 heavy (non-hydrogen) atoms. The molecule has 4 aromatic rings. The van der Waals surface area contributed by atoms with Gasteiger partial charge in [0.1, 0.15) is 5.75 Å². The second-order valence-corrected chi connectivity index (χ2v) is 9.53. The van der Waals surface area contributed by atoms with E-state index in [4.69, 9.17) is 4.74 Å². The van der Waals surface area contributed by atoms with Crippen molar-refractivity contribution in [1.29, 1.82) is 0 Å². The van der Waals surface area contributed by atoms with Crippen LogP contribution in [-0.4, -0.2) is 46.6 Å². The molecular formula is C28H29N5O2S. The molecule has 0 spiro atoms. The van der Waals surface area contributed by atoms with Gasteiger partial charge in [-0.1, -0.05) is 72.4 Å². The molecule has 0 atom stereocenters.